The van der Waals surface area contributed by atoms with Gasteiger partial charge in [-0.1, -0.05) is 0 Å². The lowest BCUT2D eigenvalue weighted by Crippen LogP contribution is -2.43. The van der Waals surface area contributed by atoms with Crippen molar-refractivity contribution in [1.82, 2.24) is 20.3 Å². The van der Waals surface area contributed by atoms with Gasteiger partial charge in [0.2, 0.25) is 5.95 Å². The molecule has 0 aliphatic carbocycles. The SMILES string of the molecule is Cc1cc(C)nc(N2CCC(NCc3csc(N4CCCC4)n3)CC2)n1. The zero-order valence-corrected chi connectivity index (χ0v) is 16.6. The highest BCUT2D eigenvalue weighted by atomic mass is 32.1. The Hall–Kier alpha value is -1.73. The molecule has 2 aliphatic rings. The molecule has 2 saturated heterocycles. The van der Waals surface area contributed by atoms with Gasteiger partial charge in [-0.15, -0.1) is 11.3 Å². The molecular weight excluding hydrogens is 344 g/mol. The van der Waals surface area contributed by atoms with Gasteiger partial charge in [0.1, 0.15) is 0 Å². The monoisotopic (exact) mass is 372 g/mol. The van der Waals surface area contributed by atoms with Crippen molar-refractivity contribution in [1.29, 1.82) is 0 Å². The number of aryl methyl sites for hydroxylation is 2. The Bertz CT molecular complexity index is 711. The molecule has 0 atom stereocenters. The van der Waals surface area contributed by atoms with Crippen molar-refractivity contribution >= 4 is 22.4 Å². The van der Waals surface area contributed by atoms with Crippen LogP contribution >= 0.6 is 11.3 Å². The number of thiazole rings is 1. The maximum atomic E-state index is 4.81. The van der Waals surface area contributed by atoms with Gasteiger partial charge in [0, 0.05) is 55.5 Å². The van der Waals surface area contributed by atoms with E-state index < -0.39 is 0 Å². The molecule has 0 saturated carbocycles. The molecule has 0 aromatic carbocycles. The first-order chi connectivity index (χ1) is 12.7. The minimum absolute atomic E-state index is 0.550. The lowest BCUT2D eigenvalue weighted by molar-refractivity contribution is 0.409. The van der Waals surface area contributed by atoms with Crippen LogP contribution in [0.2, 0.25) is 0 Å². The molecule has 4 heterocycles. The van der Waals surface area contributed by atoms with Crippen LogP contribution in [0.3, 0.4) is 0 Å². The average Bonchev–Trinajstić information content (AvgIpc) is 3.31. The number of piperidine rings is 1. The largest absolute Gasteiger partial charge is 0.348 e. The van der Waals surface area contributed by atoms with Crippen LogP contribution in [0.5, 0.6) is 0 Å². The molecule has 26 heavy (non-hydrogen) atoms. The fraction of sp³-hybridized carbons (Fsp3) is 0.632. The van der Waals surface area contributed by atoms with E-state index in [1.807, 2.05) is 19.9 Å². The number of nitrogens with one attached hydrogen (secondary N) is 1. The molecule has 2 aliphatic heterocycles. The fourth-order valence-corrected chi connectivity index (χ4v) is 4.69. The summed E-state index contributed by atoms with van der Waals surface area (Å²) in [7, 11) is 0. The molecule has 2 aromatic rings. The van der Waals surface area contributed by atoms with E-state index in [4.69, 9.17) is 4.98 Å². The van der Waals surface area contributed by atoms with Crippen molar-refractivity contribution in [2.45, 2.75) is 52.1 Å². The molecule has 140 valence electrons. The van der Waals surface area contributed by atoms with Gasteiger partial charge < -0.3 is 15.1 Å². The van der Waals surface area contributed by atoms with Crippen molar-refractivity contribution in [2.24, 2.45) is 0 Å². The molecule has 0 radical (unpaired) electrons. The molecule has 2 fully saturated rings. The molecule has 0 bridgehead atoms. The minimum atomic E-state index is 0.550. The molecule has 0 spiro atoms. The van der Waals surface area contributed by atoms with E-state index in [0.717, 1.165) is 49.8 Å². The van der Waals surface area contributed by atoms with Crippen LogP contribution in [-0.4, -0.2) is 47.2 Å². The summed E-state index contributed by atoms with van der Waals surface area (Å²) in [4.78, 5) is 18.7. The lowest BCUT2D eigenvalue weighted by Gasteiger charge is -2.32. The minimum Gasteiger partial charge on any atom is -0.348 e. The molecule has 0 amide bonds. The summed E-state index contributed by atoms with van der Waals surface area (Å²) in [5.74, 6) is 0.885. The van der Waals surface area contributed by atoms with Crippen LogP contribution in [0.25, 0.3) is 0 Å². The first-order valence-electron chi connectivity index (χ1n) is 9.67. The Morgan fingerprint density at radius 3 is 2.38 bits per heavy atom. The van der Waals surface area contributed by atoms with Crippen LogP contribution in [0.15, 0.2) is 11.4 Å². The Kier molecular flexibility index (Phi) is 5.36. The van der Waals surface area contributed by atoms with E-state index in [9.17, 15) is 0 Å². The third-order valence-electron chi connectivity index (χ3n) is 5.24. The standard InChI is InChI=1S/C19H28N6S/c1-14-11-15(2)22-18(21-14)24-9-5-16(6-10-24)20-12-17-13-26-19(23-17)25-7-3-4-8-25/h11,13,16,20H,3-10,12H2,1-2H3. The van der Waals surface area contributed by atoms with Gasteiger partial charge in [-0.3, -0.25) is 0 Å². The van der Waals surface area contributed by atoms with E-state index in [1.54, 1.807) is 11.3 Å². The van der Waals surface area contributed by atoms with Crippen LogP contribution < -0.4 is 15.1 Å². The Morgan fingerprint density at radius 1 is 1.00 bits per heavy atom. The van der Waals surface area contributed by atoms with Crippen LogP contribution in [0, 0.1) is 13.8 Å². The smallest absolute Gasteiger partial charge is 0.225 e. The van der Waals surface area contributed by atoms with Crippen LogP contribution in [-0.2, 0) is 6.54 Å². The first-order valence-corrected chi connectivity index (χ1v) is 10.6. The predicted octanol–water partition coefficient (Wildman–Crippen LogP) is 2.91. The molecule has 7 heteroatoms. The normalized spacial score (nSPS) is 18.7. The molecule has 2 aromatic heterocycles. The summed E-state index contributed by atoms with van der Waals surface area (Å²) < 4.78 is 0. The number of hydrogen-bond donors (Lipinski definition) is 1. The Labute approximate surface area is 159 Å². The third-order valence-corrected chi connectivity index (χ3v) is 6.19. The van der Waals surface area contributed by atoms with Crippen molar-refractivity contribution in [3.63, 3.8) is 0 Å². The first kappa shape index (κ1) is 17.7. The topological polar surface area (TPSA) is 57.2 Å². The number of anilines is 2. The highest BCUT2D eigenvalue weighted by molar-refractivity contribution is 7.13. The second-order valence-corrected chi connectivity index (χ2v) is 8.25. The third kappa shape index (κ3) is 4.15. The summed E-state index contributed by atoms with van der Waals surface area (Å²) in [5.41, 5.74) is 3.27. The number of rotatable bonds is 5. The van der Waals surface area contributed by atoms with Gasteiger partial charge in [0.05, 0.1) is 5.69 Å². The number of aromatic nitrogens is 3. The van der Waals surface area contributed by atoms with Gasteiger partial charge in [-0.05, 0) is 45.6 Å². The lowest BCUT2D eigenvalue weighted by atomic mass is 10.1. The second-order valence-electron chi connectivity index (χ2n) is 7.41. The van der Waals surface area contributed by atoms with Crippen LogP contribution in [0.1, 0.15) is 42.8 Å². The zero-order valence-electron chi connectivity index (χ0n) is 15.7. The highest BCUT2D eigenvalue weighted by Gasteiger charge is 2.21. The zero-order chi connectivity index (χ0) is 17.9. The van der Waals surface area contributed by atoms with E-state index in [2.05, 4.69) is 30.5 Å². The van der Waals surface area contributed by atoms with Gasteiger partial charge in [-0.25, -0.2) is 15.0 Å². The quantitative estimate of drug-likeness (QED) is 0.871. The summed E-state index contributed by atoms with van der Waals surface area (Å²) in [6.45, 7) is 9.30. The summed E-state index contributed by atoms with van der Waals surface area (Å²) in [5, 5.41) is 7.10. The maximum Gasteiger partial charge on any atom is 0.225 e. The van der Waals surface area contributed by atoms with E-state index in [1.165, 1.54) is 36.8 Å². The van der Waals surface area contributed by atoms with Crippen molar-refractivity contribution in [2.75, 3.05) is 36.0 Å². The van der Waals surface area contributed by atoms with Gasteiger partial charge in [-0.2, -0.15) is 0 Å². The molecule has 0 unspecified atom stereocenters. The number of hydrogen-bond acceptors (Lipinski definition) is 7. The molecule has 1 N–H and O–H groups in total. The summed E-state index contributed by atoms with van der Waals surface area (Å²) in [6.07, 6.45) is 4.85. The number of nitrogens with zero attached hydrogens (tertiary/aromatic N) is 5. The average molecular weight is 373 g/mol. The Morgan fingerprint density at radius 2 is 1.69 bits per heavy atom. The van der Waals surface area contributed by atoms with Crippen molar-refractivity contribution in [3.8, 4) is 0 Å². The van der Waals surface area contributed by atoms with Gasteiger partial charge in [0.25, 0.3) is 0 Å². The molecule has 4 rings (SSSR count). The van der Waals surface area contributed by atoms with E-state index >= 15 is 0 Å². The summed E-state index contributed by atoms with van der Waals surface area (Å²) >= 11 is 1.78. The molecular formula is C19H28N6S. The highest BCUT2D eigenvalue weighted by Crippen LogP contribution is 2.24. The predicted molar refractivity (Wildman–Crippen MR) is 107 cm³/mol. The Balaban J connectivity index is 1.26. The van der Waals surface area contributed by atoms with Gasteiger partial charge in [0.15, 0.2) is 5.13 Å². The van der Waals surface area contributed by atoms with Gasteiger partial charge >= 0.3 is 0 Å². The van der Waals surface area contributed by atoms with E-state index in [-0.39, 0.29) is 0 Å². The summed E-state index contributed by atoms with van der Waals surface area (Å²) in [6, 6.07) is 2.58. The fourth-order valence-electron chi connectivity index (χ4n) is 3.81. The van der Waals surface area contributed by atoms with E-state index in [0.29, 0.717) is 6.04 Å². The van der Waals surface area contributed by atoms with Crippen LogP contribution in [0.4, 0.5) is 11.1 Å². The van der Waals surface area contributed by atoms with Crippen molar-refractivity contribution in [3.05, 3.63) is 28.5 Å². The second kappa shape index (κ2) is 7.88. The van der Waals surface area contributed by atoms with Crippen molar-refractivity contribution < 1.29 is 0 Å². The molecule has 6 nitrogen and oxygen atoms in total. The maximum absolute atomic E-state index is 4.81.